The summed E-state index contributed by atoms with van der Waals surface area (Å²) in [4.78, 5) is 9.46. The molecule has 50 heavy (non-hydrogen) atoms. The van der Waals surface area contributed by atoms with Crippen LogP contribution in [0.15, 0.2) is 96.8 Å². The Morgan fingerprint density at radius 3 is 1.92 bits per heavy atom. The Kier molecular flexibility index (Phi) is 10.2. The predicted molar refractivity (Wildman–Crippen MR) is 221 cm³/mol. The van der Waals surface area contributed by atoms with Crippen molar-refractivity contribution in [1.29, 1.82) is 0 Å². The third kappa shape index (κ3) is 6.40. The van der Waals surface area contributed by atoms with Gasteiger partial charge in [-0.2, -0.15) is 0 Å². The maximum absolute atomic E-state index is 6.21. The summed E-state index contributed by atoms with van der Waals surface area (Å²) in [6.45, 7) is 15.6. The number of fused-ring (bicyclic) bond motifs is 9. The van der Waals surface area contributed by atoms with Crippen molar-refractivity contribution in [3.63, 3.8) is 0 Å². The SMILES string of the molecule is CC(C)=Cc1cnc2c3ccccc3c3c(C)cccc3n12.Cc1ccc2c3c1c1ccccc1c1ncc(n13)CC2(C)C.[2H]CC.[Cl][Al]([Cl])[Cl]. The molecule has 8 aromatic rings. The average molecular weight is 737 g/mol. The lowest BCUT2D eigenvalue weighted by atomic mass is 9.77. The molecule has 0 unspecified atom stereocenters. The van der Waals surface area contributed by atoms with Crippen molar-refractivity contribution in [2.45, 2.75) is 67.2 Å². The van der Waals surface area contributed by atoms with Crippen molar-refractivity contribution in [3.8, 4) is 0 Å². The van der Waals surface area contributed by atoms with Crippen LogP contribution in [0.2, 0.25) is 0 Å². The Bertz CT molecular complexity index is 2580. The minimum absolute atomic E-state index is 0.150. The van der Waals surface area contributed by atoms with Crippen molar-refractivity contribution in [2.75, 3.05) is 0 Å². The molecule has 8 heteroatoms. The molecule has 1 aliphatic heterocycles. The molecule has 0 saturated carbocycles. The highest BCUT2D eigenvalue weighted by molar-refractivity contribution is 7.54. The topological polar surface area (TPSA) is 34.6 Å². The normalized spacial score (nSPS) is 13.0. The molecule has 1 aliphatic rings. The number of hydrogen-bond acceptors (Lipinski definition) is 2. The van der Waals surface area contributed by atoms with Crippen LogP contribution >= 0.6 is 30.1 Å². The van der Waals surface area contributed by atoms with Gasteiger partial charge in [-0.25, -0.2) is 40.1 Å². The zero-order chi connectivity index (χ0) is 36.6. The van der Waals surface area contributed by atoms with Crippen molar-refractivity contribution in [3.05, 3.63) is 125 Å². The van der Waals surface area contributed by atoms with Crippen LogP contribution in [0.4, 0.5) is 0 Å². The summed E-state index contributed by atoms with van der Waals surface area (Å²) >= 11 is -1.72. The van der Waals surface area contributed by atoms with E-state index >= 15 is 0 Å². The first-order valence-corrected chi connectivity index (χ1v) is 22.1. The Morgan fingerprint density at radius 2 is 1.30 bits per heavy atom. The van der Waals surface area contributed by atoms with E-state index in [1.54, 1.807) is 6.92 Å². The van der Waals surface area contributed by atoms with E-state index in [-0.39, 0.29) is 5.41 Å². The van der Waals surface area contributed by atoms with E-state index in [1.165, 1.54) is 71.3 Å². The third-order valence-corrected chi connectivity index (χ3v) is 9.39. The molecule has 9 rings (SSSR count). The van der Waals surface area contributed by atoms with Gasteiger partial charge >= 0.3 is 11.4 Å². The molecular weight excluding hydrogens is 694 g/mol. The Hall–Kier alpha value is -3.56. The number of allylic oxidation sites excluding steroid dienone is 1. The van der Waals surface area contributed by atoms with Crippen LogP contribution in [0.5, 0.6) is 0 Å². The Morgan fingerprint density at radius 1 is 0.760 bits per heavy atom. The zero-order valence-corrected chi connectivity index (χ0v) is 33.1. The van der Waals surface area contributed by atoms with Gasteiger partial charge in [-0.3, -0.25) is 8.80 Å². The number of aryl methyl sites for hydroxylation is 2. The fourth-order valence-electron chi connectivity index (χ4n) is 7.50. The summed E-state index contributed by atoms with van der Waals surface area (Å²) < 4.78 is 10.9. The number of imidazole rings is 2. The second-order valence-corrected chi connectivity index (χ2v) is 19.9. The summed E-state index contributed by atoms with van der Waals surface area (Å²) in [5.74, 6) is 0. The predicted octanol–water partition coefficient (Wildman–Crippen LogP) is 12.9. The third-order valence-electron chi connectivity index (χ3n) is 9.39. The maximum Gasteiger partial charge on any atom is 0.643 e. The quantitative estimate of drug-likeness (QED) is 0.124. The second kappa shape index (κ2) is 14.6. The van der Waals surface area contributed by atoms with Crippen molar-refractivity contribution >= 4 is 102 Å². The van der Waals surface area contributed by atoms with Gasteiger partial charge in [-0.05, 0) is 79.1 Å². The molecule has 0 amide bonds. The molecule has 254 valence electrons. The first-order valence-electron chi connectivity index (χ1n) is 17.5. The first-order chi connectivity index (χ1) is 24.4. The number of rotatable bonds is 1. The second-order valence-electron chi connectivity index (χ2n) is 13.5. The molecule has 4 aromatic carbocycles. The minimum atomic E-state index is -1.72. The molecule has 0 saturated heterocycles. The van der Waals surface area contributed by atoms with Crippen LogP contribution in [0.3, 0.4) is 0 Å². The van der Waals surface area contributed by atoms with Gasteiger partial charge in [0.2, 0.25) is 0 Å². The summed E-state index contributed by atoms with van der Waals surface area (Å²) in [5, 5.41) is 7.75. The van der Waals surface area contributed by atoms with E-state index in [9.17, 15) is 0 Å². The van der Waals surface area contributed by atoms with E-state index in [4.69, 9.17) is 41.5 Å². The molecular formula is C42H42AlCl3N4. The number of hydrogen-bond donors (Lipinski definition) is 0. The van der Waals surface area contributed by atoms with Gasteiger partial charge in [-0.15, -0.1) is 0 Å². The van der Waals surface area contributed by atoms with Gasteiger partial charge in [0.15, 0.2) is 0 Å². The average Bonchev–Trinajstić information content (AvgIpc) is 3.70. The lowest BCUT2D eigenvalue weighted by Gasteiger charge is -2.32. The molecule has 0 radical (unpaired) electrons. The van der Waals surface area contributed by atoms with Gasteiger partial charge in [0.1, 0.15) is 11.3 Å². The standard InChI is InChI=1S/2C20H18N2.C2H6.Al.3ClH/c1-12-8-9-16-18-17(12)14-6-4-5-7-15(14)19-21-11-13(22(18)19)10-20(16,2)3;1-13(2)11-15-12-21-20-17-9-5-4-8-16(17)19-14(3)7-6-10-18(19)22(15)20;1-2;;;;/h4-9,11H,10H2,1-3H3;4-12H,1-3H3;1-2H3;;3*1H/q;;;+3;;;/p-3/i;;1D;;;;. The van der Waals surface area contributed by atoms with Crippen LogP contribution in [-0.2, 0) is 11.8 Å². The van der Waals surface area contributed by atoms with Gasteiger partial charge in [0.25, 0.3) is 0 Å². The zero-order valence-electron chi connectivity index (χ0n) is 30.7. The van der Waals surface area contributed by atoms with Crippen LogP contribution in [-0.4, -0.2) is 30.2 Å². The number of pyridine rings is 2. The lowest BCUT2D eigenvalue weighted by Crippen LogP contribution is -2.26. The van der Waals surface area contributed by atoms with Crippen LogP contribution in [0, 0.1) is 13.8 Å². The molecule has 0 atom stereocenters. The largest absolute Gasteiger partial charge is 0.643 e. The van der Waals surface area contributed by atoms with Gasteiger partial charge in [0.05, 0.1) is 22.9 Å². The van der Waals surface area contributed by atoms with Gasteiger partial charge in [0, 0.05) is 34.8 Å². The number of nitrogens with zero attached hydrogens (tertiary/aromatic N) is 4. The Labute approximate surface area is 312 Å². The van der Waals surface area contributed by atoms with Crippen molar-refractivity contribution in [2.24, 2.45) is 0 Å². The molecule has 0 N–H and O–H groups in total. The molecule has 0 aliphatic carbocycles. The molecule has 5 heterocycles. The lowest BCUT2D eigenvalue weighted by molar-refractivity contribution is 0.506. The van der Waals surface area contributed by atoms with Crippen LogP contribution in [0.1, 0.15) is 71.0 Å². The van der Waals surface area contributed by atoms with Crippen molar-refractivity contribution in [1.82, 2.24) is 18.8 Å². The number of halogens is 3. The number of benzene rings is 4. The fraction of sp³-hybridized carbons (Fsp3) is 0.238. The summed E-state index contributed by atoms with van der Waals surface area (Å²) in [6, 6.07) is 28.3. The molecule has 0 bridgehead atoms. The highest BCUT2D eigenvalue weighted by Gasteiger charge is 2.32. The monoisotopic (exact) mass is 735 g/mol. The highest BCUT2D eigenvalue weighted by atomic mass is 35.8. The first kappa shape index (κ1) is 34.9. The molecule has 0 fully saturated rings. The van der Waals surface area contributed by atoms with E-state index in [0.29, 0.717) is 6.90 Å². The smallest absolute Gasteiger partial charge is 0.296 e. The number of aromatic nitrogens is 4. The molecule has 4 nitrogen and oxygen atoms in total. The summed E-state index contributed by atoms with van der Waals surface area (Å²) in [5.41, 5.74) is 12.7. The van der Waals surface area contributed by atoms with E-state index in [1.807, 2.05) is 6.20 Å². The summed E-state index contributed by atoms with van der Waals surface area (Å²) in [7, 11) is 14.8. The Balaban J connectivity index is 0.000000149. The highest BCUT2D eigenvalue weighted by Crippen LogP contribution is 2.42. The van der Waals surface area contributed by atoms with Crippen LogP contribution < -0.4 is 0 Å². The van der Waals surface area contributed by atoms with Gasteiger partial charge < -0.3 is 0 Å². The minimum Gasteiger partial charge on any atom is -0.296 e. The van der Waals surface area contributed by atoms with E-state index in [2.05, 4.69) is 141 Å². The van der Waals surface area contributed by atoms with Crippen molar-refractivity contribution < 1.29 is 1.37 Å². The molecule has 4 aromatic heterocycles. The fourth-order valence-corrected chi connectivity index (χ4v) is 7.50. The van der Waals surface area contributed by atoms with Crippen LogP contribution in [0.25, 0.3) is 60.7 Å². The van der Waals surface area contributed by atoms with Gasteiger partial charge in [-0.1, -0.05) is 106 Å². The van der Waals surface area contributed by atoms with E-state index < -0.39 is 11.4 Å². The maximum atomic E-state index is 6.21. The van der Waals surface area contributed by atoms with E-state index in [0.717, 1.165) is 23.4 Å². The molecule has 0 spiro atoms. The summed E-state index contributed by atoms with van der Waals surface area (Å²) in [6.07, 6.45) is 7.26.